The zero-order chi connectivity index (χ0) is 16.2. The van der Waals surface area contributed by atoms with Gasteiger partial charge in [0.05, 0.1) is 6.42 Å². The Hall–Kier alpha value is -2.08. The minimum atomic E-state index is -0.898. The number of rotatable bonds is 5. The molecule has 1 aromatic carbocycles. The van der Waals surface area contributed by atoms with Crippen molar-refractivity contribution in [3.63, 3.8) is 0 Å². The lowest BCUT2D eigenvalue weighted by Crippen LogP contribution is -2.49. The molecule has 6 heteroatoms. The van der Waals surface area contributed by atoms with Crippen LogP contribution in [-0.2, 0) is 20.7 Å². The topological polar surface area (TPSA) is 76.1 Å². The fraction of sp³-hybridized carbons (Fsp3) is 0.529. The van der Waals surface area contributed by atoms with Gasteiger partial charge >= 0.3 is 5.97 Å². The van der Waals surface area contributed by atoms with E-state index >= 15 is 0 Å². The van der Waals surface area contributed by atoms with Crippen LogP contribution in [-0.4, -0.2) is 53.8 Å². The van der Waals surface area contributed by atoms with Crippen LogP contribution in [0.3, 0.4) is 0 Å². The first-order valence-electron chi connectivity index (χ1n) is 7.99. The fourth-order valence-electron chi connectivity index (χ4n) is 3.19. The number of hydrogen-bond donors (Lipinski definition) is 1. The van der Waals surface area contributed by atoms with Gasteiger partial charge < -0.3 is 19.5 Å². The predicted octanol–water partition coefficient (Wildman–Crippen LogP) is 1.47. The van der Waals surface area contributed by atoms with Gasteiger partial charge in [0, 0.05) is 32.2 Å². The first-order valence-corrected chi connectivity index (χ1v) is 7.99. The van der Waals surface area contributed by atoms with Crippen LogP contribution in [0.4, 0.5) is 0 Å². The van der Waals surface area contributed by atoms with Gasteiger partial charge in [-0.1, -0.05) is 18.2 Å². The van der Waals surface area contributed by atoms with Crippen LogP contribution in [0.1, 0.15) is 24.8 Å². The monoisotopic (exact) mass is 319 g/mol. The third kappa shape index (κ3) is 3.64. The second kappa shape index (κ2) is 7.00. The molecule has 0 unspecified atom stereocenters. The summed E-state index contributed by atoms with van der Waals surface area (Å²) in [4.78, 5) is 25.5. The number of carboxylic acid groups (broad SMARTS) is 1. The van der Waals surface area contributed by atoms with Crippen molar-refractivity contribution in [2.24, 2.45) is 0 Å². The summed E-state index contributed by atoms with van der Waals surface area (Å²) in [6, 6.07) is 7.65. The number of aliphatic carboxylic acids is 1. The van der Waals surface area contributed by atoms with Gasteiger partial charge in [-0.25, -0.2) is 0 Å². The van der Waals surface area contributed by atoms with Crippen molar-refractivity contribution in [1.82, 2.24) is 4.90 Å². The Morgan fingerprint density at radius 1 is 1.22 bits per heavy atom. The maximum absolute atomic E-state index is 12.9. The molecule has 124 valence electrons. The quantitative estimate of drug-likeness (QED) is 0.889. The highest BCUT2D eigenvalue weighted by Crippen LogP contribution is 2.30. The van der Waals surface area contributed by atoms with Crippen LogP contribution >= 0.6 is 0 Å². The number of ether oxygens (including phenoxy) is 2. The number of amides is 1. The van der Waals surface area contributed by atoms with Crippen LogP contribution in [0.25, 0.3) is 0 Å². The van der Waals surface area contributed by atoms with E-state index in [4.69, 9.17) is 14.6 Å². The number of nitrogens with zero attached hydrogens (tertiary/aromatic N) is 1. The van der Waals surface area contributed by atoms with E-state index < -0.39 is 12.1 Å². The van der Waals surface area contributed by atoms with E-state index in [0.717, 1.165) is 24.2 Å². The highest BCUT2D eigenvalue weighted by molar-refractivity contribution is 5.83. The van der Waals surface area contributed by atoms with Gasteiger partial charge in [0.1, 0.15) is 5.75 Å². The standard InChI is InChI=1S/C17H21NO5/c19-16(20)5-8-18(13-6-9-22-10-7-13)17(21)15-11-12-3-1-2-4-14(12)23-15/h1-4,13,15H,5-11H2,(H,19,20)/t15-/m1/s1. The average molecular weight is 319 g/mol. The lowest BCUT2D eigenvalue weighted by atomic mass is 10.0. The number of carbonyl (C=O) groups is 2. The van der Waals surface area contributed by atoms with Gasteiger partial charge in [0.25, 0.3) is 5.91 Å². The molecule has 1 aromatic rings. The summed E-state index contributed by atoms with van der Waals surface area (Å²) in [5, 5.41) is 8.96. The van der Waals surface area contributed by atoms with Crippen LogP contribution in [0.2, 0.25) is 0 Å². The molecule has 2 aliphatic rings. The van der Waals surface area contributed by atoms with E-state index in [1.807, 2.05) is 24.3 Å². The fourth-order valence-corrected chi connectivity index (χ4v) is 3.19. The molecule has 0 aliphatic carbocycles. The van der Waals surface area contributed by atoms with Crippen LogP contribution in [0, 0.1) is 0 Å². The molecular formula is C17H21NO5. The maximum atomic E-state index is 12.9. The number of carboxylic acids is 1. The zero-order valence-corrected chi connectivity index (χ0v) is 12.9. The van der Waals surface area contributed by atoms with Crippen molar-refractivity contribution in [3.05, 3.63) is 29.8 Å². The molecule has 0 bridgehead atoms. The minimum absolute atomic E-state index is 0.0305. The maximum Gasteiger partial charge on any atom is 0.305 e. The normalized spacial score (nSPS) is 20.6. The Morgan fingerprint density at radius 2 is 1.96 bits per heavy atom. The molecule has 0 radical (unpaired) electrons. The molecule has 1 saturated heterocycles. The SMILES string of the molecule is O=C(O)CCN(C(=O)[C@H]1Cc2ccccc2O1)C1CCOCC1. The Balaban J connectivity index is 1.71. The smallest absolute Gasteiger partial charge is 0.305 e. The van der Waals surface area contributed by atoms with Crippen molar-refractivity contribution in [3.8, 4) is 5.75 Å². The van der Waals surface area contributed by atoms with Gasteiger partial charge in [0.15, 0.2) is 6.10 Å². The first kappa shape index (κ1) is 15.8. The first-order chi connectivity index (χ1) is 11.1. The van der Waals surface area contributed by atoms with E-state index in [9.17, 15) is 9.59 Å². The lowest BCUT2D eigenvalue weighted by Gasteiger charge is -2.35. The molecule has 0 saturated carbocycles. The van der Waals surface area contributed by atoms with Gasteiger partial charge in [-0.15, -0.1) is 0 Å². The number of carbonyl (C=O) groups excluding carboxylic acids is 1. The predicted molar refractivity (Wildman–Crippen MR) is 82.4 cm³/mol. The molecule has 1 atom stereocenters. The summed E-state index contributed by atoms with van der Waals surface area (Å²) in [5.41, 5.74) is 1.02. The largest absolute Gasteiger partial charge is 0.481 e. The van der Waals surface area contributed by atoms with E-state index in [2.05, 4.69) is 0 Å². The Labute approximate surface area is 135 Å². The van der Waals surface area contributed by atoms with Crippen molar-refractivity contribution in [2.45, 2.75) is 37.8 Å². The van der Waals surface area contributed by atoms with Gasteiger partial charge in [-0.05, 0) is 24.5 Å². The molecule has 1 amide bonds. The van der Waals surface area contributed by atoms with Crippen molar-refractivity contribution in [1.29, 1.82) is 0 Å². The summed E-state index contributed by atoms with van der Waals surface area (Å²) in [5.74, 6) is -0.268. The highest BCUT2D eigenvalue weighted by Gasteiger charge is 2.35. The summed E-state index contributed by atoms with van der Waals surface area (Å²) in [7, 11) is 0. The Morgan fingerprint density at radius 3 is 2.65 bits per heavy atom. The average Bonchev–Trinajstić information content (AvgIpc) is 2.99. The third-order valence-electron chi connectivity index (χ3n) is 4.40. The van der Waals surface area contributed by atoms with E-state index in [-0.39, 0.29) is 24.9 Å². The summed E-state index contributed by atoms with van der Waals surface area (Å²) >= 11 is 0. The molecule has 0 spiro atoms. The summed E-state index contributed by atoms with van der Waals surface area (Å²) in [6.07, 6.45) is 1.42. The molecule has 23 heavy (non-hydrogen) atoms. The molecule has 2 heterocycles. The van der Waals surface area contributed by atoms with Gasteiger partial charge in [-0.3, -0.25) is 9.59 Å². The zero-order valence-electron chi connectivity index (χ0n) is 12.9. The second-order valence-electron chi connectivity index (χ2n) is 5.94. The van der Waals surface area contributed by atoms with E-state index in [1.54, 1.807) is 4.90 Å². The van der Waals surface area contributed by atoms with E-state index in [0.29, 0.717) is 19.6 Å². The lowest BCUT2D eigenvalue weighted by molar-refractivity contribution is -0.144. The Kier molecular flexibility index (Phi) is 4.81. The number of para-hydroxylation sites is 1. The molecule has 0 aromatic heterocycles. The molecule has 3 rings (SSSR count). The van der Waals surface area contributed by atoms with Gasteiger partial charge in [0.2, 0.25) is 0 Å². The van der Waals surface area contributed by atoms with Crippen LogP contribution < -0.4 is 4.74 Å². The van der Waals surface area contributed by atoms with E-state index in [1.165, 1.54) is 0 Å². The second-order valence-corrected chi connectivity index (χ2v) is 5.94. The third-order valence-corrected chi connectivity index (χ3v) is 4.40. The molecule has 6 nitrogen and oxygen atoms in total. The molecule has 2 aliphatic heterocycles. The van der Waals surface area contributed by atoms with Crippen molar-refractivity contribution >= 4 is 11.9 Å². The van der Waals surface area contributed by atoms with Crippen molar-refractivity contribution in [2.75, 3.05) is 19.8 Å². The highest BCUT2D eigenvalue weighted by atomic mass is 16.5. The van der Waals surface area contributed by atoms with Crippen LogP contribution in [0.15, 0.2) is 24.3 Å². The number of hydrogen-bond acceptors (Lipinski definition) is 4. The number of fused-ring (bicyclic) bond motifs is 1. The molecule has 1 fully saturated rings. The minimum Gasteiger partial charge on any atom is -0.481 e. The summed E-state index contributed by atoms with van der Waals surface area (Å²) < 4.78 is 11.1. The van der Waals surface area contributed by atoms with Crippen molar-refractivity contribution < 1.29 is 24.2 Å². The van der Waals surface area contributed by atoms with Crippen LogP contribution in [0.5, 0.6) is 5.75 Å². The van der Waals surface area contributed by atoms with Gasteiger partial charge in [-0.2, -0.15) is 0 Å². The Bertz CT molecular complexity index is 557. The molecular weight excluding hydrogens is 298 g/mol. The summed E-state index contributed by atoms with van der Waals surface area (Å²) in [6.45, 7) is 1.43. The molecule has 1 N–H and O–H groups in total. The number of benzene rings is 1.